The van der Waals surface area contributed by atoms with Gasteiger partial charge in [0, 0.05) is 26.0 Å². The van der Waals surface area contributed by atoms with E-state index in [1.165, 1.54) is 16.3 Å². The largest absolute Gasteiger partial charge is 0.378 e. The van der Waals surface area contributed by atoms with Gasteiger partial charge in [0.15, 0.2) is 0 Å². The highest BCUT2D eigenvalue weighted by Gasteiger charge is 2.21. The Morgan fingerprint density at radius 2 is 1.31 bits per heavy atom. The second-order valence-corrected chi connectivity index (χ2v) is 10.1. The van der Waals surface area contributed by atoms with E-state index in [9.17, 15) is 0 Å². The van der Waals surface area contributed by atoms with Crippen LogP contribution in [-0.2, 0) is 0 Å². The summed E-state index contributed by atoms with van der Waals surface area (Å²) in [5.74, 6) is 0.490. The summed E-state index contributed by atoms with van der Waals surface area (Å²) in [6, 6.07) is 30.7. The van der Waals surface area contributed by atoms with Gasteiger partial charge >= 0.3 is 0 Å². The first-order valence-electron chi connectivity index (χ1n) is 10.2. The van der Waals surface area contributed by atoms with Crippen molar-refractivity contribution in [2.24, 2.45) is 10.9 Å². The van der Waals surface area contributed by atoms with Crippen molar-refractivity contribution in [1.82, 2.24) is 0 Å². The molecule has 1 atom stereocenters. The van der Waals surface area contributed by atoms with Crippen LogP contribution in [0, 0.1) is 5.92 Å². The van der Waals surface area contributed by atoms with Crippen molar-refractivity contribution in [3.63, 3.8) is 0 Å². The summed E-state index contributed by atoms with van der Waals surface area (Å²) in [5, 5.41) is 2.84. The van der Waals surface area contributed by atoms with E-state index in [0.29, 0.717) is 5.92 Å². The van der Waals surface area contributed by atoms with Gasteiger partial charge in [-0.05, 0) is 48.3 Å². The van der Waals surface area contributed by atoms with Crippen LogP contribution in [0.4, 0.5) is 5.69 Å². The molecule has 0 saturated heterocycles. The minimum Gasteiger partial charge on any atom is -0.378 e. The summed E-state index contributed by atoms with van der Waals surface area (Å²) in [5.41, 5.74) is 2.37. The number of anilines is 1. The molecule has 3 heteroatoms. The van der Waals surface area contributed by atoms with Crippen molar-refractivity contribution in [3.8, 4) is 0 Å². The Labute approximate surface area is 177 Å². The van der Waals surface area contributed by atoms with Gasteiger partial charge in [0.2, 0.25) is 0 Å². The molecule has 0 bridgehead atoms. The topological polar surface area (TPSA) is 15.6 Å². The molecule has 2 nitrogen and oxygen atoms in total. The molecule has 0 aliphatic heterocycles. The Balaban J connectivity index is 1.83. The third-order valence-electron chi connectivity index (χ3n) is 5.10. The quantitative estimate of drug-likeness (QED) is 0.367. The SMILES string of the molecule is CC(C)[C@@H](CP(c1ccccc1)c1ccccc1)N=Cc1ccc(N(C)C)cc1. The van der Waals surface area contributed by atoms with Crippen molar-refractivity contribution < 1.29 is 0 Å². The van der Waals surface area contributed by atoms with Gasteiger partial charge in [0.1, 0.15) is 0 Å². The molecule has 3 aromatic carbocycles. The van der Waals surface area contributed by atoms with E-state index in [1.807, 2.05) is 6.21 Å². The molecule has 0 heterocycles. The molecular weight excluding hydrogens is 371 g/mol. The lowest BCUT2D eigenvalue weighted by Gasteiger charge is -2.25. The molecule has 0 aromatic heterocycles. The van der Waals surface area contributed by atoms with Gasteiger partial charge in [-0.3, -0.25) is 4.99 Å². The molecule has 150 valence electrons. The van der Waals surface area contributed by atoms with Gasteiger partial charge < -0.3 is 4.90 Å². The van der Waals surface area contributed by atoms with E-state index >= 15 is 0 Å². The monoisotopic (exact) mass is 402 g/mol. The molecular formula is C26H31N2P. The van der Waals surface area contributed by atoms with Crippen LogP contribution < -0.4 is 15.5 Å². The van der Waals surface area contributed by atoms with Crippen molar-refractivity contribution in [2.75, 3.05) is 25.2 Å². The number of benzene rings is 3. The number of aliphatic imine (C=N–C) groups is 1. The number of nitrogens with zero attached hydrogens (tertiary/aromatic N) is 2. The zero-order valence-corrected chi connectivity index (χ0v) is 18.8. The highest BCUT2D eigenvalue weighted by Crippen LogP contribution is 2.36. The predicted molar refractivity (Wildman–Crippen MR) is 131 cm³/mol. The maximum atomic E-state index is 5.04. The van der Waals surface area contributed by atoms with Gasteiger partial charge in [0.25, 0.3) is 0 Å². The van der Waals surface area contributed by atoms with Crippen LogP contribution in [-0.4, -0.2) is 32.5 Å². The van der Waals surface area contributed by atoms with Crippen molar-refractivity contribution in [3.05, 3.63) is 90.5 Å². The fraction of sp³-hybridized carbons (Fsp3) is 0.269. The first-order chi connectivity index (χ1) is 14.0. The molecule has 0 amide bonds. The maximum absolute atomic E-state index is 5.04. The van der Waals surface area contributed by atoms with Gasteiger partial charge in [0.05, 0.1) is 6.04 Å². The van der Waals surface area contributed by atoms with Crippen LogP contribution >= 0.6 is 7.92 Å². The van der Waals surface area contributed by atoms with Gasteiger partial charge in [-0.25, -0.2) is 0 Å². The van der Waals surface area contributed by atoms with E-state index in [1.54, 1.807) is 0 Å². The lowest BCUT2D eigenvalue weighted by atomic mass is 10.1. The van der Waals surface area contributed by atoms with E-state index in [-0.39, 0.29) is 6.04 Å². The Kier molecular flexibility index (Phi) is 7.61. The van der Waals surface area contributed by atoms with E-state index in [4.69, 9.17) is 4.99 Å². The smallest absolute Gasteiger partial charge is 0.0567 e. The number of rotatable bonds is 8. The Morgan fingerprint density at radius 1 is 0.793 bits per heavy atom. The molecule has 0 aliphatic rings. The molecule has 0 saturated carbocycles. The second kappa shape index (κ2) is 10.4. The summed E-state index contributed by atoms with van der Waals surface area (Å²) in [6.07, 6.45) is 3.11. The Hall–Kier alpha value is -2.44. The minimum absolute atomic E-state index is 0.287. The number of hydrogen-bond donors (Lipinski definition) is 0. The van der Waals surface area contributed by atoms with E-state index in [0.717, 1.165) is 11.7 Å². The third-order valence-corrected chi connectivity index (χ3v) is 7.68. The highest BCUT2D eigenvalue weighted by molar-refractivity contribution is 7.73. The maximum Gasteiger partial charge on any atom is 0.0567 e. The fourth-order valence-electron chi connectivity index (χ4n) is 3.23. The lowest BCUT2D eigenvalue weighted by Crippen LogP contribution is -2.24. The zero-order chi connectivity index (χ0) is 20.6. The van der Waals surface area contributed by atoms with Gasteiger partial charge in [-0.2, -0.15) is 0 Å². The Morgan fingerprint density at radius 3 is 1.76 bits per heavy atom. The van der Waals surface area contributed by atoms with Crippen molar-refractivity contribution in [1.29, 1.82) is 0 Å². The van der Waals surface area contributed by atoms with E-state index < -0.39 is 7.92 Å². The van der Waals surface area contributed by atoms with Crippen LogP contribution in [0.3, 0.4) is 0 Å². The average molecular weight is 403 g/mol. The Bertz CT molecular complexity index is 848. The standard InChI is InChI=1S/C26H31N2P/c1-21(2)26(27-19-22-15-17-23(18-16-22)28(3)4)20-29(24-11-7-5-8-12-24)25-13-9-6-10-14-25/h5-19,21,26H,20H2,1-4H3/t26-/m1/s1. The van der Waals surface area contributed by atoms with Crippen LogP contribution in [0.1, 0.15) is 19.4 Å². The van der Waals surface area contributed by atoms with Crippen LogP contribution in [0.2, 0.25) is 0 Å². The van der Waals surface area contributed by atoms with Crippen LogP contribution in [0.5, 0.6) is 0 Å². The summed E-state index contributed by atoms with van der Waals surface area (Å²) < 4.78 is 0. The molecule has 0 aliphatic carbocycles. The van der Waals surface area contributed by atoms with Crippen LogP contribution in [0.15, 0.2) is 89.9 Å². The molecule has 0 N–H and O–H groups in total. The van der Waals surface area contributed by atoms with Crippen LogP contribution in [0.25, 0.3) is 0 Å². The van der Waals surface area contributed by atoms with Gasteiger partial charge in [-0.1, -0.05) is 86.6 Å². The third kappa shape index (κ3) is 6.02. The summed E-state index contributed by atoms with van der Waals surface area (Å²) in [6.45, 7) is 4.56. The highest BCUT2D eigenvalue weighted by atomic mass is 31.1. The summed E-state index contributed by atoms with van der Waals surface area (Å²) in [4.78, 5) is 7.15. The average Bonchev–Trinajstić information content (AvgIpc) is 2.75. The zero-order valence-electron chi connectivity index (χ0n) is 17.9. The van der Waals surface area contributed by atoms with Crippen molar-refractivity contribution in [2.45, 2.75) is 19.9 Å². The van der Waals surface area contributed by atoms with Gasteiger partial charge in [-0.15, -0.1) is 0 Å². The molecule has 29 heavy (non-hydrogen) atoms. The molecule has 3 rings (SSSR count). The normalized spacial score (nSPS) is 12.6. The first kappa shape index (κ1) is 21.3. The minimum atomic E-state index is -0.437. The molecule has 0 unspecified atom stereocenters. The molecule has 0 radical (unpaired) electrons. The second-order valence-electron chi connectivity index (χ2n) is 7.86. The number of hydrogen-bond acceptors (Lipinski definition) is 2. The van der Waals surface area contributed by atoms with E-state index in [2.05, 4.69) is 118 Å². The summed E-state index contributed by atoms with van der Waals surface area (Å²) in [7, 11) is 3.69. The lowest BCUT2D eigenvalue weighted by molar-refractivity contribution is 0.538. The molecule has 0 fully saturated rings. The molecule has 3 aromatic rings. The van der Waals surface area contributed by atoms with Crippen molar-refractivity contribution >= 4 is 30.4 Å². The first-order valence-corrected chi connectivity index (χ1v) is 11.8. The molecule has 0 spiro atoms. The predicted octanol–water partition coefficient (Wildman–Crippen LogP) is 5.33. The fourth-order valence-corrected chi connectivity index (χ4v) is 5.91. The summed E-state index contributed by atoms with van der Waals surface area (Å²) >= 11 is 0.